The number of nitrogens with zero attached hydrogens (tertiary/aromatic N) is 1. The summed E-state index contributed by atoms with van der Waals surface area (Å²) in [4.78, 5) is 19.3. The molecule has 0 spiro atoms. The van der Waals surface area contributed by atoms with Crippen molar-refractivity contribution in [3.05, 3.63) is 57.3 Å². The van der Waals surface area contributed by atoms with Gasteiger partial charge in [0.15, 0.2) is 11.6 Å². The van der Waals surface area contributed by atoms with Crippen LogP contribution in [0.4, 0.5) is 18.9 Å². The number of nitrogens with one attached hydrogen (secondary N) is 2. The van der Waals surface area contributed by atoms with Gasteiger partial charge in [0.05, 0.1) is 18.3 Å². The Labute approximate surface area is 134 Å². The Hall–Kier alpha value is -2.74. The van der Waals surface area contributed by atoms with Crippen LogP contribution in [0.25, 0.3) is 16.7 Å². The van der Waals surface area contributed by atoms with Crippen molar-refractivity contribution in [2.24, 2.45) is 0 Å². The highest BCUT2D eigenvalue weighted by Gasteiger charge is 2.24. The van der Waals surface area contributed by atoms with E-state index >= 15 is 0 Å². The highest BCUT2D eigenvalue weighted by Crippen LogP contribution is 2.31. The van der Waals surface area contributed by atoms with Gasteiger partial charge in [0, 0.05) is 5.56 Å². The van der Waals surface area contributed by atoms with Gasteiger partial charge in [0.1, 0.15) is 17.0 Å². The zero-order valence-electron chi connectivity index (χ0n) is 13.1. The number of aromatic nitrogens is 2. The molecule has 0 amide bonds. The van der Waals surface area contributed by atoms with Gasteiger partial charge in [0.25, 0.3) is 0 Å². The molecular weight excluding hydrogens is 323 g/mol. The summed E-state index contributed by atoms with van der Waals surface area (Å²) in [7, 11) is 1.25. The molecule has 3 rings (SSSR count). The molecule has 2 aromatic carbocycles. The predicted octanol–water partition coefficient (Wildman–Crippen LogP) is 3.33. The summed E-state index contributed by atoms with van der Waals surface area (Å²) in [6.45, 7) is 3.16. The van der Waals surface area contributed by atoms with Crippen molar-refractivity contribution < 1.29 is 18.0 Å². The Kier molecular flexibility index (Phi) is 3.84. The second kappa shape index (κ2) is 5.72. The second-order valence-electron chi connectivity index (χ2n) is 5.38. The fourth-order valence-electron chi connectivity index (χ4n) is 2.66. The molecule has 0 aliphatic rings. The van der Waals surface area contributed by atoms with E-state index < -0.39 is 23.1 Å². The summed E-state index contributed by atoms with van der Waals surface area (Å²) in [6, 6.07) is 4.13. The van der Waals surface area contributed by atoms with Gasteiger partial charge in [-0.3, -0.25) is 14.9 Å². The lowest BCUT2D eigenvalue weighted by Gasteiger charge is -2.12. The molecule has 0 bridgehead atoms. The first kappa shape index (κ1) is 16.1. The minimum atomic E-state index is -1.28. The predicted molar refractivity (Wildman–Crippen MR) is 83.9 cm³/mol. The zero-order valence-corrected chi connectivity index (χ0v) is 13.1. The zero-order chi connectivity index (χ0) is 17.6. The van der Waals surface area contributed by atoms with Crippen LogP contribution in [0.15, 0.2) is 23.0 Å². The number of fused-ring (bicyclic) bond motifs is 1. The van der Waals surface area contributed by atoms with Gasteiger partial charge in [-0.15, -0.1) is 0 Å². The Morgan fingerprint density at radius 3 is 2.50 bits per heavy atom. The molecule has 8 heteroatoms. The molecule has 3 aromatic rings. The quantitative estimate of drug-likeness (QED) is 0.721. The molecule has 1 heterocycles. The van der Waals surface area contributed by atoms with Gasteiger partial charge < -0.3 is 4.98 Å². The van der Waals surface area contributed by atoms with Gasteiger partial charge in [0.2, 0.25) is 0 Å². The van der Waals surface area contributed by atoms with Gasteiger partial charge in [-0.25, -0.2) is 18.0 Å². The first-order valence-corrected chi connectivity index (χ1v) is 7.04. The maximum Gasteiger partial charge on any atom is 0.331 e. The number of imidazole rings is 1. The number of hydrogen-bond donors (Lipinski definition) is 2. The molecule has 0 radical (unpaired) electrons. The van der Waals surface area contributed by atoms with E-state index in [1.54, 1.807) is 13.0 Å². The lowest BCUT2D eigenvalue weighted by molar-refractivity contribution is 0.267. The van der Waals surface area contributed by atoms with E-state index in [0.29, 0.717) is 5.56 Å². The van der Waals surface area contributed by atoms with Crippen molar-refractivity contribution in [1.82, 2.24) is 9.55 Å². The van der Waals surface area contributed by atoms with Crippen LogP contribution in [0, 0.1) is 31.3 Å². The number of hydrogen-bond acceptors (Lipinski definition) is 3. The van der Waals surface area contributed by atoms with Crippen molar-refractivity contribution in [3.63, 3.8) is 0 Å². The second-order valence-corrected chi connectivity index (χ2v) is 5.38. The summed E-state index contributed by atoms with van der Waals surface area (Å²) < 4.78 is 43.9. The third kappa shape index (κ3) is 2.26. The van der Waals surface area contributed by atoms with Crippen LogP contribution in [0.1, 0.15) is 11.1 Å². The van der Waals surface area contributed by atoms with Gasteiger partial charge >= 0.3 is 5.69 Å². The van der Waals surface area contributed by atoms with E-state index in [0.717, 1.165) is 4.57 Å². The van der Waals surface area contributed by atoms with Crippen molar-refractivity contribution in [1.29, 1.82) is 0 Å². The Morgan fingerprint density at radius 2 is 1.88 bits per heavy atom. The smallest absolute Gasteiger partial charge is 0.305 e. The van der Waals surface area contributed by atoms with Crippen molar-refractivity contribution in [3.8, 4) is 5.69 Å². The maximum absolute atomic E-state index is 14.6. The summed E-state index contributed by atoms with van der Waals surface area (Å²) >= 11 is 0. The molecule has 2 N–H and O–H groups in total. The number of aromatic amines is 1. The molecular formula is C16H14F3N3O2. The molecule has 24 heavy (non-hydrogen) atoms. The lowest BCUT2D eigenvalue weighted by Crippen LogP contribution is -2.16. The van der Waals surface area contributed by atoms with E-state index in [-0.39, 0.29) is 28.0 Å². The molecule has 5 nitrogen and oxygen atoms in total. The molecule has 0 aliphatic carbocycles. The molecule has 1 aromatic heterocycles. The van der Waals surface area contributed by atoms with Crippen molar-refractivity contribution in [2.75, 3.05) is 12.6 Å². The summed E-state index contributed by atoms with van der Waals surface area (Å²) in [5.74, 6) is -3.22. The molecule has 0 saturated carbocycles. The number of H-pyrrole nitrogens is 1. The highest BCUT2D eigenvalue weighted by molar-refractivity contribution is 5.86. The van der Waals surface area contributed by atoms with Crippen LogP contribution in [0.3, 0.4) is 0 Å². The van der Waals surface area contributed by atoms with Crippen LogP contribution < -0.4 is 11.2 Å². The standard InChI is InChI=1S/C16H14F3N3O2/c1-7-4-5-10(9(17)6-7)22-15-12(19)11(18)13(21-24-3)8(2)14(15)20-16(22)23/h4-6,21H,1-3H3,(H,20,23). The van der Waals surface area contributed by atoms with E-state index in [1.807, 2.05) is 0 Å². The monoisotopic (exact) mass is 337 g/mol. The normalized spacial score (nSPS) is 11.2. The average Bonchev–Trinajstić information content (AvgIpc) is 2.87. The summed E-state index contributed by atoms with van der Waals surface area (Å²) in [5, 5.41) is 0. The highest BCUT2D eigenvalue weighted by atomic mass is 19.2. The lowest BCUT2D eigenvalue weighted by atomic mass is 10.1. The third-order valence-electron chi connectivity index (χ3n) is 3.81. The van der Waals surface area contributed by atoms with Crippen molar-refractivity contribution >= 4 is 16.7 Å². The fourth-order valence-corrected chi connectivity index (χ4v) is 2.66. The van der Waals surface area contributed by atoms with Crippen LogP contribution in [0.5, 0.6) is 0 Å². The van der Waals surface area contributed by atoms with E-state index in [2.05, 4.69) is 15.3 Å². The molecule has 0 unspecified atom stereocenters. The number of anilines is 1. The minimum Gasteiger partial charge on any atom is -0.305 e. The first-order chi connectivity index (χ1) is 11.4. The minimum absolute atomic E-state index is 0.0541. The number of halogens is 3. The van der Waals surface area contributed by atoms with E-state index in [9.17, 15) is 18.0 Å². The van der Waals surface area contributed by atoms with Crippen LogP contribution in [0.2, 0.25) is 0 Å². The van der Waals surface area contributed by atoms with Crippen LogP contribution in [-0.2, 0) is 4.84 Å². The van der Waals surface area contributed by atoms with Gasteiger partial charge in [-0.05, 0) is 31.5 Å². The van der Waals surface area contributed by atoms with Crippen molar-refractivity contribution in [2.45, 2.75) is 13.8 Å². The van der Waals surface area contributed by atoms with Crippen LogP contribution >= 0.6 is 0 Å². The van der Waals surface area contributed by atoms with Gasteiger partial charge in [-0.1, -0.05) is 6.07 Å². The Bertz CT molecular complexity index is 1010. The third-order valence-corrected chi connectivity index (χ3v) is 3.81. The van der Waals surface area contributed by atoms with E-state index in [4.69, 9.17) is 0 Å². The number of benzene rings is 2. The molecule has 0 fully saturated rings. The summed E-state index contributed by atoms with van der Waals surface area (Å²) in [6.07, 6.45) is 0. The van der Waals surface area contributed by atoms with E-state index in [1.165, 1.54) is 26.2 Å². The van der Waals surface area contributed by atoms with Crippen LogP contribution in [-0.4, -0.2) is 16.7 Å². The number of aryl methyl sites for hydroxylation is 2. The molecule has 0 aliphatic heterocycles. The Morgan fingerprint density at radius 1 is 1.17 bits per heavy atom. The topological polar surface area (TPSA) is 59.0 Å². The average molecular weight is 337 g/mol. The SMILES string of the molecule is CONc1c(F)c(F)c2c([nH]c(=O)n2-c2ccc(C)cc2F)c1C. The fraction of sp³-hybridized carbons (Fsp3) is 0.188. The first-order valence-electron chi connectivity index (χ1n) is 7.04. The largest absolute Gasteiger partial charge is 0.331 e. The van der Waals surface area contributed by atoms with Gasteiger partial charge in [-0.2, -0.15) is 0 Å². The molecule has 126 valence electrons. The number of rotatable bonds is 3. The Balaban J connectivity index is 2.43. The molecule has 0 atom stereocenters. The summed E-state index contributed by atoms with van der Waals surface area (Å²) in [5.41, 5.74) is 1.63. The molecule has 0 saturated heterocycles. The maximum atomic E-state index is 14.6.